The van der Waals surface area contributed by atoms with E-state index < -0.39 is 0 Å². The van der Waals surface area contributed by atoms with Crippen LogP contribution in [0.3, 0.4) is 0 Å². The molecule has 0 spiro atoms. The smallest absolute Gasteiger partial charge is 0.0211 e. The topological polar surface area (TPSA) is 12.0 Å². The Morgan fingerprint density at radius 1 is 1.27 bits per heavy atom. The van der Waals surface area contributed by atoms with Gasteiger partial charge in [-0.3, -0.25) is 0 Å². The molecule has 80 valence electrons. The van der Waals surface area contributed by atoms with E-state index >= 15 is 0 Å². The first-order valence-electron chi connectivity index (χ1n) is 6.24. The molecule has 1 fully saturated rings. The van der Waals surface area contributed by atoms with Gasteiger partial charge in [0.05, 0.1) is 0 Å². The number of fused-ring (bicyclic) bond motifs is 1. The molecule has 1 heteroatoms. The van der Waals surface area contributed by atoms with Gasteiger partial charge in [0.2, 0.25) is 0 Å². The van der Waals surface area contributed by atoms with Crippen LogP contribution in [0.2, 0.25) is 0 Å². The molecule has 0 radical (unpaired) electrons. The van der Waals surface area contributed by atoms with Crippen LogP contribution in [-0.2, 0) is 19.4 Å². The summed E-state index contributed by atoms with van der Waals surface area (Å²) in [6.07, 6.45) is 6.89. The van der Waals surface area contributed by atoms with Crippen LogP contribution in [0.15, 0.2) is 18.2 Å². The Bertz CT molecular complexity index is 352. The van der Waals surface area contributed by atoms with Gasteiger partial charge in [-0.05, 0) is 48.4 Å². The molecule has 1 N–H and O–H groups in total. The summed E-state index contributed by atoms with van der Waals surface area (Å²) >= 11 is 0. The monoisotopic (exact) mass is 201 g/mol. The van der Waals surface area contributed by atoms with E-state index in [1.54, 1.807) is 16.7 Å². The summed E-state index contributed by atoms with van der Waals surface area (Å²) in [4.78, 5) is 0. The molecule has 0 unspecified atom stereocenters. The molecular formula is C14H19N. The van der Waals surface area contributed by atoms with Gasteiger partial charge in [0.25, 0.3) is 0 Å². The van der Waals surface area contributed by atoms with Crippen LogP contribution in [0.25, 0.3) is 0 Å². The highest BCUT2D eigenvalue weighted by atomic mass is 14.9. The molecular weight excluding hydrogens is 182 g/mol. The van der Waals surface area contributed by atoms with Crippen LogP contribution in [0.4, 0.5) is 0 Å². The lowest BCUT2D eigenvalue weighted by Gasteiger charge is -2.20. The van der Waals surface area contributed by atoms with E-state index in [0.29, 0.717) is 0 Å². The summed E-state index contributed by atoms with van der Waals surface area (Å²) in [6.45, 7) is 2.25. The maximum Gasteiger partial charge on any atom is 0.0211 e. The molecule has 0 bridgehead atoms. The number of aryl methyl sites for hydroxylation is 1. The van der Waals surface area contributed by atoms with Crippen LogP contribution in [-0.4, -0.2) is 6.54 Å². The molecule has 0 saturated heterocycles. The maximum atomic E-state index is 3.48. The molecule has 1 aromatic carbocycles. The minimum atomic E-state index is 1.05. The van der Waals surface area contributed by atoms with E-state index in [4.69, 9.17) is 0 Å². The molecule has 3 rings (SSSR count). The molecule has 2 aliphatic rings. The fraction of sp³-hybridized carbons (Fsp3) is 0.571. The van der Waals surface area contributed by atoms with E-state index in [2.05, 4.69) is 23.5 Å². The molecule has 15 heavy (non-hydrogen) atoms. The average Bonchev–Trinajstić information content (AvgIpc) is 3.10. The highest BCUT2D eigenvalue weighted by molar-refractivity contribution is 5.37. The predicted molar refractivity (Wildman–Crippen MR) is 62.9 cm³/mol. The molecule has 0 amide bonds. The molecule has 1 saturated carbocycles. The van der Waals surface area contributed by atoms with E-state index in [1.807, 2.05) is 0 Å². The second kappa shape index (κ2) is 3.97. The minimum absolute atomic E-state index is 1.05. The second-order valence-electron chi connectivity index (χ2n) is 4.96. The zero-order chi connectivity index (χ0) is 10.1. The molecule has 0 atom stereocenters. The third kappa shape index (κ3) is 2.07. The third-order valence-electron chi connectivity index (χ3n) is 3.76. The maximum absolute atomic E-state index is 3.48. The normalized spacial score (nSPS) is 20.0. The van der Waals surface area contributed by atoms with Crippen molar-refractivity contribution < 1.29 is 0 Å². The number of hydrogen-bond acceptors (Lipinski definition) is 1. The van der Waals surface area contributed by atoms with Gasteiger partial charge < -0.3 is 5.32 Å². The number of benzene rings is 1. The zero-order valence-electron chi connectivity index (χ0n) is 9.26. The Labute approximate surface area is 91.9 Å². The van der Waals surface area contributed by atoms with Crippen molar-refractivity contribution in [2.75, 3.05) is 6.54 Å². The number of nitrogens with one attached hydrogen (secondary N) is 1. The summed E-state index contributed by atoms with van der Waals surface area (Å²) in [5.41, 5.74) is 4.79. The summed E-state index contributed by atoms with van der Waals surface area (Å²) in [6, 6.07) is 6.87. The lowest BCUT2D eigenvalue weighted by molar-refractivity contribution is 0.630. The van der Waals surface area contributed by atoms with Crippen LogP contribution in [0.5, 0.6) is 0 Å². The van der Waals surface area contributed by atoms with Gasteiger partial charge in [-0.25, -0.2) is 0 Å². The Morgan fingerprint density at radius 2 is 2.20 bits per heavy atom. The van der Waals surface area contributed by atoms with Crippen molar-refractivity contribution in [3.8, 4) is 0 Å². The van der Waals surface area contributed by atoms with Crippen molar-refractivity contribution in [1.82, 2.24) is 5.32 Å². The Hall–Kier alpha value is -0.820. The fourth-order valence-electron chi connectivity index (χ4n) is 2.59. The van der Waals surface area contributed by atoms with Gasteiger partial charge in [-0.2, -0.15) is 0 Å². The molecule has 1 aliphatic carbocycles. The first-order valence-corrected chi connectivity index (χ1v) is 6.24. The standard InChI is InChI=1S/C14H19N/c1-2-12(7-6-11-4-5-11)14-10-15-9-8-13(14)3-1/h1-3,11,15H,4-10H2. The van der Waals surface area contributed by atoms with Crippen molar-refractivity contribution >= 4 is 0 Å². The predicted octanol–water partition coefficient (Wildman–Crippen LogP) is 2.67. The second-order valence-corrected chi connectivity index (χ2v) is 4.96. The Kier molecular flexibility index (Phi) is 2.49. The first kappa shape index (κ1) is 9.41. The van der Waals surface area contributed by atoms with Crippen molar-refractivity contribution in [3.05, 3.63) is 34.9 Å². The van der Waals surface area contributed by atoms with Crippen molar-refractivity contribution in [3.63, 3.8) is 0 Å². The van der Waals surface area contributed by atoms with Gasteiger partial charge in [0, 0.05) is 6.54 Å². The number of hydrogen-bond donors (Lipinski definition) is 1. The van der Waals surface area contributed by atoms with E-state index in [0.717, 1.165) is 19.0 Å². The molecule has 1 heterocycles. The van der Waals surface area contributed by atoms with Crippen LogP contribution < -0.4 is 5.32 Å². The van der Waals surface area contributed by atoms with Gasteiger partial charge in [0.15, 0.2) is 0 Å². The van der Waals surface area contributed by atoms with Crippen LogP contribution >= 0.6 is 0 Å². The van der Waals surface area contributed by atoms with E-state index in [9.17, 15) is 0 Å². The van der Waals surface area contributed by atoms with Crippen molar-refractivity contribution in [2.24, 2.45) is 5.92 Å². The van der Waals surface area contributed by atoms with Crippen LogP contribution in [0, 0.1) is 5.92 Å². The van der Waals surface area contributed by atoms with Crippen molar-refractivity contribution in [2.45, 2.75) is 38.6 Å². The highest BCUT2D eigenvalue weighted by Gasteiger charge is 2.21. The summed E-state index contributed by atoms with van der Waals surface area (Å²) in [7, 11) is 0. The average molecular weight is 201 g/mol. The molecule has 1 nitrogen and oxygen atoms in total. The summed E-state index contributed by atoms with van der Waals surface area (Å²) < 4.78 is 0. The first-order chi connectivity index (χ1) is 7.43. The molecule has 1 aliphatic heterocycles. The Morgan fingerprint density at radius 3 is 3.07 bits per heavy atom. The Balaban J connectivity index is 1.79. The van der Waals surface area contributed by atoms with Gasteiger partial charge in [-0.15, -0.1) is 0 Å². The van der Waals surface area contributed by atoms with E-state index in [1.165, 1.54) is 32.1 Å². The fourth-order valence-corrected chi connectivity index (χ4v) is 2.59. The minimum Gasteiger partial charge on any atom is -0.312 e. The van der Waals surface area contributed by atoms with Crippen LogP contribution in [0.1, 0.15) is 36.0 Å². The van der Waals surface area contributed by atoms with E-state index in [-0.39, 0.29) is 0 Å². The quantitative estimate of drug-likeness (QED) is 0.793. The van der Waals surface area contributed by atoms with Crippen molar-refractivity contribution in [1.29, 1.82) is 0 Å². The largest absolute Gasteiger partial charge is 0.312 e. The number of rotatable bonds is 3. The van der Waals surface area contributed by atoms with Gasteiger partial charge in [0.1, 0.15) is 0 Å². The molecule has 0 aromatic heterocycles. The lowest BCUT2D eigenvalue weighted by atomic mass is 9.93. The summed E-state index contributed by atoms with van der Waals surface area (Å²) in [5, 5.41) is 3.48. The zero-order valence-corrected chi connectivity index (χ0v) is 9.26. The summed E-state index contributed by atoms with van der Waals surface area (Å²) in [5.74, 6) is 1.05. The molecule has 1 aromatic rings. The lowest BCUT2D eigenvalue weighted by Crippen LogP contribution is -2.24. The highest BCUT2D eigenvalue weighted by Crippen LogP contribution is 2.34. The third-order valence-corrected chi connectivity index (χ3v) is 3.76. The van der Waals surface area contributed by atoms with Gasteiger partial charge >= 0.3 is 0 Å². The van der Waals surface area contributed by atoms with Gasteiger partial charge in [-0.1, -0.05) is 31.0 Å². The SMILES string of the molecule is c1cc2c(c(CCC3CC3)c1)CNCC2.